The summed E-state index contributed by atoms with van der Waals surface area (Å²) in [4.78, 5) is 14.7. The maximum atomic E-state index is 12.2. The van der Waals surface area contributed by atoms with E-state index in [0.717, 1.165) is 50.7 Å². The minimum absolute atomic E-state index is 0.0178. The molecule has 4 unspecified atom stereocenters. The van der Waals surface area contributed by atoms with E-state index in [1.807, 2.05) is 6.92 Å². The lowest BCUT2D eigenvalue weighted by atomic mass is 9.92. The highest BCUT2D eigenvalue weighted by Crippen LogP contribution is 2.36. The number of hydrogen-bond donors (Lipinski definition) is 1. The molecular weight excluding hydrogens is 240 g/mol. The Morgan fingerprint density at radius 3 is 2.79 bits per heavy atom. The first kappa shape index (κ1) is 14.8. The summed E-state index contributed by atoms with van der Waals surface area (Å²) in [6.07, 6.45) is 3.08. The Kier molecular flexibility index (Phi) is 5.22. The molecule has 4 heteroatoms. The zero-order chi connectivity index (χ0) is 13.8. The molecule has 0 bridgehead atoms. The van der Waals surface area contributed by atoms with Crippen molar-refractivity contribution in [2.24, 2.45) is 11.8 Å². The van der Waals surface area contributed by atoms with Crippen LogP contribution in [0.4, 0.5) is 0 Å². The van der Waals surface area contributed by atoms with Crippen LogP contribution in [0.25, 0.3) is 0 Å². The van der Waals surface area contributed by atoms with E-state index in [1.54, 1.807) is 0 Å². The molecule has 4 atom stereocenters. The fourth-order valence-electron chi connectivity index (χ4n) is 3.88. The molecular formula is C15H28N2O2. The first-order valence-corrected chi connectivity index (χ1v) is 7.85. The van der Waals surface area contributed by atoms with E-state index in [4.69, 9.17) is 4.74 Å². The SMILES string of the molecule is CCCC(C(=O)OCC)N1CC2CNCC2C1CC. The Bertz CT molecular complexity index is 309. The van der Waals surface area contributed by atoms with Crippen LogP contribution in [-0.4, -0.2) is 49.2 Å². The van der Waals surface area contributed by atoms with Crippen molar-refractivity contribution in [3.63, 3.8) is 0 Å². The second-order valence-corrected chi connectivity index (χ2v) is 5.81. The van der Waals surface area contributed by atoms with E-state index >= 15 is 0 Å². The Hall–Kier alpha value is -0.610. The first-order chi connectivity index (χ1) is 9.22. The molecule has 2 aliphatic heterocycles. The standard InChI is InChI=1S/C15H28N2O2/c1-4-7-14(15(18)19-6-3)17-10-11-8-16-9-12(11)13(17)5-2/h11-14,16H,4-10H2,1-3H3. The minimum Gasteiger partial charge on any atom is -0.465 e. The molecule has 19 heavy (non-hydrogen) atoms. The number of esters is 1. The number of fused-ring (bicyclic) bond motifs is 1. The van der Waals surface area contributed by atoms with Gasteiger partial charge in [-0.25, -0.2) is 0 Å². The number of nitrogens with one attached hydrogen (secondary N) is 1. The molecule has 2 fully saturated rings. The third-order valence-electron chi connectivity index (χ3n) is 4.70. The highest BCUT2D eigenvalue weighted by atomic mass is 16.5. The second kappa shape index (κ2) is 6.71. The number of rotatable bonds is 6. The molecule has 2 rings (SSSR count). The van der Waals surface area contributed by atoms with Gasteiger partial charge in [-0.1, -0.05) is 20.3 Å². The lowest BCUT2D eigenvalue weighted by Gasteiger charge is -2.33. The summed E-state index contributed by atoms with van der Waals surface area (Å²) in [5, 5.41) is 3.49. The number of carbonyl (C=O) groups is 1. The van der Waals surface area contributed by atoms with E-state index in [9.17, 15) is 4.79 Å². The second-order valence-electron chi connectivity index (χ2n) is 5.81. The molecule has 0 amide bonds. The molecule has 1 N–H and O–H groups in total. The van der Waals surface area contributed by atoms with Gasteiger partial charge in [-0.15, -0.1) is 0 Å². The molecule has 0 radical (unpaired) electrons. The van der Waals surface area contributed by atoms with E-state index < -0.39 is 0 Å². The average Bonchev–Trinajstić information content (AvgIpc) is 2.95. The van der Waals surface area contributed by atoms with Crippen molar-refractivity contribution in [2.75, 3.05) is 26.2 Å². The quantitative estimate of drug-likeness (QED) is 0.744. The van der Waals surface area contributed by atoms with Gasteiger partial charge in [0.1, 0.15) is 6.04 Å². The minimum atomic E-state index is -0.0273. The summed E-state index contributed by atoms with van der Waals surface area (Å²) in [5.74, 6) is 1.42. The van der Waals surface area contributed by atoms with Crippen LogP contribution in [0.1, 0.15) is 40.0 Å². The van der Waals surface area contributed by atoms with E-state index in [2.05, 4.69) is 24.1 Å². The smallest absolute Gasteiger partial charge is 0.323 e. The molecule has 0 aromatic rings. The highest BCUT2D eigenvalue weighted by molar-refractivity contribution is 5.75. The summed E-state index contributed by atoms with van der Waals surface area (Å²) < 4.78 is 5.29. The fourth-order valence-corrected chi connectivity index (χ4v) is 3.88. The van der Waals surface area contributed by atoms with Crippen molar-refractivity contribution >= 4 is 5.97 Å². The van der Waals surface area contributed by atoms with Crippen LogP contribution in [0.3, 0.4) is 0 Å². The molecule has 2 aliphatic rings. The van der Waals surface area contributed by atoms with Crippen molar-refractivity contribution in [1.29, 1.82) is 0 Å². The van der Waals surface area contributed by atoms with Gasteiger partial charge >= 0.3 is 5.97 Å². The van der Waals surface area contributed by atoms with E-state index in [1.165, 1.54) is 0 Å². The third-order valence-corrected chi connectivity index (χ3v) is 4.70. The van der Waals surface area contributed by atoms with Crippen LogP contribution < -0.4 is 5.32 Å². The van der Waals surface area contributed by atoms with Crippen LogP contribution in [0.15, 0.2) is 0 Å². The zero-order valence-electron chi connectivity index (χ0n) is 12.5. The van der Waals surface area contributed by atoms with Gasteiger partial charge in [0.25, 0.3) is 0 Å². The molecule has 110 valence electrons. The molecule has 0 spiro atoms. The fraction of sp³-hybridized carbons (Fsp3) is 0.933. The van der Waals surface area contributed by atoms with Crippen molar-refractivity contribution in [3.05, 3.63) is 0 Å². The first-order valence-electron chi connectivity index (χ1n) is 7.85. The largest absolute Gasteiger partial charge is 0.465 e. The number of hydrogen-bond acceptors (Lipinski definition) is 4. The van der Waals surface area contributed by atoms with Crippen LogP contribution in [-0.2, 0) is 9.53 Å². The van der Waals surface area contributed by atoms with Gasteiger partial charge < -0.3 is 10.1 Å². The van der Waals surface area contributed by atoms with Crippen LogP contribution >= 0.6 is 0 Å². The topological polar surface area (TPSA) is 41.6 Å². The van der Waals surface area contributed by atoms with Crippen LogP contribution in [0.5, 0.6) is 0 Å². The molecule has 0 aromatic heterocycles. The van der Waals surface area contributed by atoms with E-state index in [0.29, 0.717) is 12.6 Å². The summed E-state index contributed by atoms with van der Waals surface area (Å²) in [7, 11) is 0. The number of nitrogens with zero attached hydrogens (tertiary/aromatic N) is 1. The van der Waals surface area contributed by atoms with E-state index in [-0.39, 0.29) is 12.0 Å². The lowest BCUT2D eigenvalue weighted by molar-refractivity contribution is -0.150. The van der Waals surface area contributed by atoms with Crippen molar-refractivity contribution in [1.82, 2.24) is 10.2 Å². The molecule has 0 aliphatic carbocycles. The highest BCUT2D eigenvalue weighted by Gasteiger charge is 2.46. The van der Waals surface area contributed by atoms with Gasteiger partial charge in [-0.3, -0.25) is 9.69 Å². The summed E-state index contributed by atoms with van der Waals surface area (Å²) in [6, 6.07) is 0.515. The van der Waals surface area contributed by atoms with Gasteiger partial charge in [-0.2, -0.15) is 0 Å². The van der Waals surface area contributed by atoms with Crippen molar-refractivity contribution in [2.45, 2.75) is 52.1 Å². The zero-order valence-corrected chi connectivity index (χ0v) is 12.5. The van der Waals surface area contributed by atoms with Gasteiger partial charge in [0.2, 0.25) is 0 Å². The number of likely N-dealkylation sites (tertiary alicyclic amines) is 1. The normalized spacial score (nSPS) is 32.3. The van der Waals surface area contributed by atoms with Crippen LogP contribution in [0.2, 0.25) is 0 Å². The Morgan fingerprint density at radius 2 is 2.16 bits per heavy atom. The summed E-state index contributed by atoms with van der Waals surface area (Å²) in [6.45, 7) is 10.0. The predicted octanol–water partition coefficient (Wildman–Crippen LogP) is 1.65. The van der Waals surface area contributed by atoms with Crippen molar-refractivity contribution in [3.8, 4) is 0 Å². The maximum Gasteiger partial charge on any atom is 0.323 e. The number of ether oxygens (including phenoxy) is 1. The van der Waals surface area contributed by atoms with Gasteiger partial charge in [0, 0.05) is 12.6 Å². The average molecular weight is 268 g/mol. The van der Waals surface area contributed by atoms with Crippen LogP contribution in [0, 0.1) is 11.8 Å². The monoisotopic (exact) mass is 268 g/mol. The molecule has 0 aromatic carbocycles. The Morgan fingerprint density at radius 1 is 1.37 bits per heavy atom. The Balaban J connectivity index is 2.09. The predicted molar refractivity (Wildman–Crippen MR) is 76.0 cm³/mol. The maximum absolute atomic E-state index is 12.2. The Labute approximate surface area is 116 Å². The lowest BCUT2D eigenvalue weighted by Crippen LogP contribution is -2.47. The summed E-state index contributed by atoms with van der Waals surface area (Å²) in [5.41, 5.74) is 0. The van der Waals surface area contributed by atoms with Gasteiger partial charge in [0.05, 0.1) is 6.61 Å². The number of carbonyl (C=O) groups excluding carboxylic acids is 1. The van der Waals surface area contributed by atoms with Crippen molar-refractivity contribution < 1.29 is 9.53 Å². The molecule has 4 nitrogen and oxygen atoms in total. The molecule has 0 saturated carbocycles. The third kappa shape index (κ3) is 2.95. The summed E-state index contributed by atoms with van der Waals surface area (Å²) >= 11 is 0. The van der Waals surface area contributed by atoms with Gasteiger partial charge in [0.15, 0.2) is 0 Å². The molecule has 2 heterocycles. The molecule has 2 saturated heterocycles. The van der Waals surface area contributed by atoms with Gasteiger partial charge in [-0.05, 0) is 44.7 Å².